The van der Waals surface area contributed by atoms with E-state index in [4.69, 9.17) is 34.8 Å². The number of carbonyl (C=O) groups is 3. The van der Waals surface area contributed by atoms with E-state index in [1.54, 1.807) is 55.5 Å². The lowest BCUT2D eigenvalue weighted by atomic mass is 10.0. The molecular weight excluding hydrogens is 487 g/mol. The molecule has 33 heavy (non-hydrogen) atoms. The molecule has 0 saturated heterocycles. The van der Waals surface area contributed by atoms with Crippen molar-refractivity contribution in [1.82, 2.24) is 5.32 Å². The largest absolute Gasteiger partial charge is 0.480 e. The average molecular weight is 506 g/mol. The van der Waals surface area contributed by atoms with Crippen LogP contribution in [-0.2, 0) is 11.2 Å². The molecule has 0 spiro atoms. The van der Waals surface area contributed by atoms with E-state index in [1.807, 2.05) is 0 Å². The van der Waals surface area contributed by atoms with E-state index in [0.717, 1.165) is 5.56 Å². The second-order valence-electron chi connectivity index (χ2n) is 7.25. The molecule has 170 valence electrons. The van der Waals surface area contributed by atoms with Crippen LogP contribution >= 0.6 is 34.8 Å². The molecule has 0 aliphatic carbocycles. The van der Waals surface area contributed by atoms with Crippen LogP contribution in [0.5, 0.6) is 0 Å². The number of hydrogen-bond acceptors (Lipinski definition) is 3. The van der Waals surface area contributed by atoms with Gasteiger partial charge >= 0.3 is 5.97 Å². The Morgan fingerprint density at radius 3 is 1.91 bits per heavy atom. The lowest BCUT2D eigenvalue weighted by Gasteiger charge is -2.16. The molecule has 6 nitrogen and oxygen atoms in total. The van der Waals surface area contributed by atoms with Crippen LogP contribution in [0.4, 0.5) is 5.69 Å². The van der Waals surface area contributed by atoms with E-state index in [0.29, 0.717) is 21.8 Å². The lowest BCUT2D eigenvalue weighted by molar-refractivity contribution is -0.139. The van der Waals surface area contributed by atoms with Gasteiger partial charge in [-0.1, -0.05) is 65.1 Å². The van der Waals surface area contributed by atoms with Gasteiger partial charge in [0.15, 0.2) is 0 Å². The number of amides is 2. The summed E-state index contributed by atoms with van der Waals surface area (Å²) in [5, 5.41) is 15.4. The Morgan fingerprint density at radius 1 is 0.818 bits per heavy atom. The number of carboxylic acids is 1. The third kappa shape index (κ3) is 6.05. The first-order valence-corrected chi connectivity index (χ1v) is 10.9. The average Bonchev–Trinajstić information content (AvgIpc) is 2.74. The van der Waals surface area contributed by atoms with Crippen LogP contribution in [0.1, 0.15) is 31.8 Å². The highest BCUT2D eigenvalue weighted by Crippen LogP contribution is 2.25. The first-order valence-electron chi connectivity index (χ1n) is 9.80. The highest BCUT2D eigenvalue weighted by molar-refractivity contribution is 6.39. The molecule has 9 heteroatoms. The monoisotopic (exact) mass is 504 g/mol. The summed E-state index contributed by atoms with van der Waals surface area (Å²) in [5.41, 5.74) is 2.30. The minimum Gasteiger partial charge on any atom is -0.480 e. The molecule has 2 amide bonds. The van der Waals surface area contributed by atoms with Crippen LogP contribution in [0.3, 0.4) is 0 Å². The topological polar surface area (TPSA) is 95.5 Å². The van der Waals surface area contributed by atoms with E-state index >= 15 is 0 Å². The zero-order valence-electron chi connectivity index (χ0n) is 17.4. The van der Waals surface area contributed by atoms with E-state index in [9.17, 15) is 19.5 Å². The summed E-state index contributed by atoms with van der Waals surface area (Å²) in [4.78, 5) is 36.9. The highest BCUT2D eigenvalue weighted by Gasteiger charge is 2.24. The van der Waals surface area contributed by atoms with Gasteiger partial charge in [0.05, 0.1) is 26.2 Å². The Bertz CT molecular complexity index is 1170. The molecule has 3 N–H and O–H groups in total. The van der Waals surface area contributed by atoms with Crippen LogP contribution in [0.25, 0.3) is 0 Å². The minimum atomic E-state index is -1.21. The third-order valence-corrected chi connectivity index (χ3v) is 5.84. The number of aliphatic carboxylic acids is 1. The van der Waals surface area contributed by atoms with Crippen molar-refractivity contribution in [3.05, 3.63) is 98.0 Å². The Labute approximate surface area is 205 Å². The number of nitrogens with one attached hydrogen (secondary N) is 2. The van der Waals surface area contributed by atoms with Crippen molar-refractivity contribution in [2.24, 2.45) is 0 Å². The van der Waals surface area contributed by atoms with Crippen molar-refractivity contribution in [2.45, 2.75) is 19.4 Å². The lowest BCUT2D eigenvalue weighted by Crippen LogP contribution is -2.42. The molecule has 0 radical (unpaired) electrons. The van der Waals surface area contributed by atoms with E-state index in [2.05, 4.69) is 10.6 Å². The number of anilines is 1. The number of hydrogen-bond donors (Lipinski definition) is 3. The summed E-state index contributed by atoms with van der Waals surface area (Å²) in [5.74, 6) is -2.24. The summed E-state index contributed by atoms with van der Waals surface area (Å²) in [7, 11) is 0. The molecule has 3 rings (SSSR count). The van der Waals surface area contributed by atoms with Crippen LogP contribution in [-0.4, -0.2) is 28.9 Å². The molecule has 3 aromatic rings. The quantitative estimate of drug-likeness (QED) is 0.388. The van der Waals surface area contributed by atoms with Crippen LogP contribution in [0.15, 0.2) is 60.7 Å². The maximum atomic E-state index is 12.6. The van der Waals surface area contributed by atoms with Crippen molar-refractivity contribution in [3.8, 4) is 0 Å². The van der Waals surface area contributed by atoms with Gasteiger partial charge in [-0.2, -0.15) is 0 Å². The van der Waals surface area contributed by atoms with Gasteiger partial charge in [0.25, 0.3) is 11.8 Å². The SMILES string of the molecule is Cc1cccc(Cl)c1C(=O)Nc1ccc(C[C@H](NC(=O)c2c(Cl)cccc2Cl)C(=O)O)cc1. The molecule has 0 aliphatic heterocycles. The van der Waals surface area contributed by atoms with Gasteiger partial charge in [0, 0.05) is 12.1 Å². The number of carboxylic acid groups (broad SMARTS) is 1. The molecule has 0 unspecified atom stereocenters. The fourth-order valence-electron chi connectivity index (χ4n) is 3.22. The molecular formula is C24H19Cl3N2O4. The smallest absolute Gasteiger partial charge is 0.326 e. The summed E-state index contributed by atoms with van der Waals surface area (Å²) in [6.45, 7) is 1.79. The number of rotatable bonds is 7. The predicted molar refractivity (Wildman–Crippen MR) is 130 cm³/mol. The third-order valence-electron chi connectivity index (χ3n) is 4.89. The maximum absolute atomic E-state index is 12.6. The Morgan fingerprint density at radius 2 is 1.36 bits per heavy atom. The van der Waals surface area contributed by atoms with E-state index in [-0.39, 0.29) is 27.9 Å². The van der Waals surface area contributed by atoms with Gasteiger partial charge in [-0.05, 0) is 48.4 Å². The summed E-state index contributed by atoms with van der Waals surface area (Å²) in [6.07, 6.45) is 0.0149. The molecule has 0 saturated carbocycles. The zero-order chi connectivity index (χ0) is 24.1. The van der Waals surface area contributed by atoms with Gasteiger partial charge in [-0.3, -0.25) is 9.59 Å². The second kappa shape index (κ2) is 10.7. The number of aryl methyl sites for hydroxylation is 1. The van der Waals surface area contributed by atoms with Gasteiger partial charge in [-0.15, -0.1) is 0 Å². The molecule has 0 fully saturated rings. The fourth-order valence-corrected chi connectivity index (χ4v) is 4.09. The zero-order valence-corrected chi connectivity index (χ0v) is 19.6. The first kappa shape index (κ1) is 24.6. The van der Waals surface area contributed by atoms with Gasteiger partial charge in [0.1, 0.15) is 6.04 Å². The molecule has 3 aromatic carbocycles. The van der Waals surface area contributed by atoms with E-state index in [1.165, 1.54) is 12.1 Å². The van der Waals surface area contributed by atoms with Crippen molar-refractivity contribution in [1.29, 1.82) is 0 Å². The normalized spacial score (nSPS) is 11.5. The predicted octanol–water partition coefficient (Wildman–Crippen LogP) is 5.63. The van der Waals surface area contributed by atoms with E-state index < -0.39 is 17.9 Å². The van der Waals surface area contributed by atoms with Crippen LogP contribution < -0.4 is 10.6 Å². The molecule has 0 aliphatic rings. The van der Waals surface area contributed by atoms with Crippen molar-refractivity contribution >= 4 is 58.3 Å². The molecule has 0 heterocycles. The minimum absolute atomic E-state index is 0.0139. The maximum Gasteiger partial charge on any atom is 0.326 e. The van der Waals surface area contributed by atoms with Gasteiger partial charge < -0.3 is 15.7 Å². The molecule has 0 aromatic heterocycles. The van der Waals surface area contributed by atoms with Crippen LogP contribution in [0, 0.1) is 6.92 Å². The standard InChI is InChI=1S/C24H19Cl3N2O4/c1-13-4-2-5-16(25)20(13)22(30)28-15-10-8-14(9-11-15)12-19(24(32)33)29-23(31)21-17(26)6-3-7-18(21)27/h2-11,19H,12H2,1H3,(H,28,30)(H,29,31)(H,32,33)/t19-/m0/s1. The highest BCUT2D eigenvalue weighted by atomic mass is 35.5. The number of benzene rings is 3. The Balaban J connectivity index is 1.70. The van der Waals surface area contributed by atoms with Gasteiger partial charge in [0.2, 0.25) is 0 Å². The van der Waals surface area contributed by atoms with Crippen molar-refractivity contribution in [2.75, 3.05) is 5.32 Å². The molecule has 1 atom stereocenters. The number of carbonyl (C=O) groups excluding carboxylic acids is 2. The Hall–Kier alpha value is -3.06. The Kier molecular flexibility index (Phi) is 7.97. The summed E-state index contributed by atoms with van der Waals surface area (Å²) >= 11 is 18.2. The van der Waals surface area contributed by atoms with Crippen molar-refractivity contribution < 1.29 is 19.5 Å². The summed E-state index contributed by atoms with van der Waals surface area (Å²) < 4.78 is 0. The van der Waals surface area contributed by atoms with Gasteiger partial charge in [-0.25, -0.2) is 4.79 Å². The van der Waals surface area contributed by atoms with Crippen molar-refractivity contribution in [3.63, 3.8) is 0 Å². The first-order chi connectivity index (χ1) is 15.7. The second-order valence-corrected chi connectivity index (χ2v) is 8.47. The summed E-state index contributed by atoms with van der Waals surface area (Å²) in [6, 6.07) is 15.2. The fraction of sp³-hybridized carbons (Fsp3) is 0.125. The molecule has 0 bridgehead atoms. The number of halogens is 3. The van der Waals surface area contributed by atoms with Crippen LogP contribution in [0.2, 0.25) is 15.1 Å².